The molecule has 1 saturated carbocycles. The number of benzene rings is 1. The molecule has 2 aliphatic heterocycles. The molecule has 0 radical (unpaired) electrons. The summed E-state index contributed by atoms with van der Waals surface area (Å²) in [4.78, 5) is 38.9. The van der Waals surface area contributed by atoms with Gasteiger partial charge in [0.15, 0.2) is 5.78 Å². The zero-order valence-corrected chi connectivity index (χ0v) is 20.5. The molecule has 0 bridgehead atoms. The van der Waals surface area contributed by atoms with Crippen LogP contribution in [0.15, 0.2) is 66.8 Å². The van der Waals surface area contributed by atoms with Gasteiger partial charge >= 0.3 is 5.97 Å². The SMILES string of the molecule is C=C1C(C)C2C(Cc3ccccc3)NC(=O)C23OC(=O)/C=C/C(=O)CCCC(C)C/C=C/C3C1O. The van der Waals surface area contributed by atoms with Crippen LogP contribution in [-0.2, 0) is 25.5 Å². The first-order chi connectivity index (χ1) is 16.7. The Kier molecular flexibility index (Phi) is 7.41. The molecule has 7 atom stereocenters. The molecular weight excluding hydrogens is 442 g/mol. The number of esters is 1. The van der Waals surface area contributed by atoms with Crippen molar-refractivity contribution in [3.05, 3.63) is 72.4 Å². The molecule has 2 N–H and O–H groups in total. The molecule has 2 fully saturated rings. The number of ketones is 1. The van der Waals surface area contributed by atoms with Crippen LogP contribution in [-0.4, -0.2) is 40.5 Å². The first-order valence-corrected chi connectivity index (χ1v) is 12.6. The van der Waals surface area contributed by atoms with Gasteiger partial charge in [0, 0.05) is 24.5 Å². The quantitative estimate of drug-likeness (QED) is 0.501. The lowest BCUT2D eigenvalue weighted by molar-refractivity contribution is -0.182. The Balaban J connectivity index is 1.79. The van der Waals surface area contributed by atoms with E-state index in [1.165, 1.54) is 6.08 Å². The summed E-state index contributed by atoms with van der Waals surface area (Å²) in [5, 5.41) is 14.4. The molecule has 35 heavy (non-hydrogen) atoms. The maximum absolute atomic E-state index is 13.7. The minimum Gasteiger partial charge on any atom is -0.445 e. The van der Waals surface area contributed by atoms with E-state index in [1.54, 1.807) is 0 Å². The third-order valence-corrected chi connectivity index (χ3v) is 7.91. The van der Waals surface area contributed by atoms with Crippen molar-refractivity contribution >= 4 is 17.7 Å². The molecule has 6 heteroatoms. The van der Waals surface area contributed by atoms with E-state index in [4.69, 9.17) is 4.74 Å². The number of carbonyl (C=O) groups is 3. The zero-order chi connectivity index (χ0) is 25.2. The number of nitrogens with one attached hydrogen (secondary N) is 1. The molecule has 1 spiro atoms. The zero-order valence-electron chi connectivity index (χ0n) is 20.5. The van der Waals surface area contributed by atoms with Gasteiger partial charge in [-0.05, 0) is 54.7 Å². The van der Waals surface area contributed by atoms with Crippen LogP contribution in [0.4, 0.5) is 0 Å². The molecular formula is C29H35NO5. The van der Waals surface area contributed by atoms with Crippen LogP contribution in [0.25, 0.3) is 0 Å². The number of hydrogen-bond acceptors (Lipinski definition) is 5. The molecule has 1 amide bonds. The number of allylic oxidation sites excluding steroid dienone is 2. The number of carbonyl (C=O) groups excluding carboxylic acids is 3. The van der Waals surface area contributed by atoms with Gasteiger partial charge < -0.3 is 15.2 Å². The van der Waals surface area contributed by atoms with Crippen LogP contribution < -0.4 is 5.32 Å². The summed E-state index contributed by atoms with van der Waals surface area (Å²) in [5.41, 5.74) is 0.0801. The van der Waals surface area contributed by atoms with Crippen LogP contribution in [0.2, 0.25) is 0 Å². The summed E-state index contributed by atoms with van der Waals surface area (Å²) in [7, 11) is 0. The Bertz CT molecular complexity index is 1040. The highest BCUT2D eigenvalue weighted by molar-refractivity contribution is 5.98. The first-order valence-electron chi connectivity index (χ1n) is 12.6. The van der Waals surface area contributed by atoms with Gasteiger partial charge in [-0.2, -0.15) is 0 Å². The van der Waals surface area contributed by atoms with Crippen LogP contribution >= 0.6 is 0 Å². The lowest BCUT2D eigenvalue weighted by Gasteiger charge is -2.49. The summed E-state index contributed by atoms with van der Waals surface area (Å²) in [6.45, 7) is 8.21. The predicted molar refractivity (Wildman–Crippen MR) is 133 cm³/mol. The first kappa shape index (κ1) is 25.1. The van der Waals surface area contributed by atoms with Gasteiger partial charge in [0.05, 0.1) is 12.0 Å². The predicted octanol–water partition coefficient (Wildman–Crippen LogP) is 3.70. The van der Waals surface area contributed by atoms with Gasteiger partial charge in [0.2, 0.25) is 5.60 Å². The van der Waals surface area contributed by atoms with E-state index in [2.05, 4.69) is 18.8 Å². The summed E-state index contributed by atoms with van der Waals surface area (Å²) in [5.74, 6) is -2.46. The Morgan fingerprint density at radius 1 is 1.14 bits per heavy atom. The van der Waals surface area contributed by atoms with Crippen LogP contribution in [0.3, 0.4) is 0 Å². The maximum Gasteiger partial charge on any atom is 0.331 e. The van der Waals surface area contributed by atoms with Crippen molar-refractivity contribution < 1.29 is 24.2 Å². The fourth-order valence-corrected chi connectivity index (χ4v) is 6.00. The number of rotatable bonds is 2. The largest absolute Gasteiger partial charge is 0.445 e. The monoisotopic (exact) mass is 477 g/mol. The molecule has 186 valence electrons. The summed E-state index contributed by atoms with van der Waals surface area (Å²) in [6.07, 6.45) is 8.39. The van der Waals surface area contributed by atoms with E-state index in [0.29, 0.717) is 24.3 Å². The third-order valence-electron chi connectivity index (χ3n) is 7.91. The Hall–Kier alpha value is -2.99. The molecule has 3 aliphatic rings. The van der Waals surface area contributed by atoms with Crippen molar-refractivity contribution in [2.75, 3.05) is 0 Å². The fourth-order valence-electron chi connectivity index (χ4n) is 6.00. The molecule has 1 aromatic carbocycles. The number of aliphatic hydroxyl groups excluding tert-OH is 1. The molecule has 1 saturated heterocycles. The molecule has 0 aromatic heterocycles. The maximum atomic E-state index is 13.7. The van der Waals surface area contributed by atoms with Crippen molar-refractivity contribution in [3.8, 4) is 0 Å². The van der Waals surface area contributed by atoms with Crippen molar-refractivity contribution in [1.29, 1.82) is 0 Å². The summed E-state index contributed by atoms with van der Waals surface area (Å²) >= 11 is 0. The van der Waals surface area contributed by atoms with Gasteiger partial charge in [0.1, 0.15) is 0 Å². The molecule has 6 nitrogen and oxygen atoms in total. The minimum atomic E-state index is -1.60. The number of hydrogen-bond donors (Lipinski definition) is 2. The fraction of sp³-hybridized carbons (Fsp3) is 0.483. The van der Waals surface area contributed by atoms with Gasteiger partial charge in [-0.25, -0.2) is 4.79 Å². The van der Waals surface area contributed by atoms with E-state index in [1.807, 2.05) is 49.4 Å². The standard InChI is InChI=1S/C29H35NO5/c1-18-9-7-13-22(31)15-16-25(32)35-29-23(14-8-10-18)27(33)20(3)19(2)26(29)24(30-28(29)34)17-21-11-5-4-6-12-21/h4-6,8,11-12,14-16,18-19,23-24,26-27,33H,3,7,9-10,13,17H2,1-2H3,(H,30,34)/b14-8+,16-15+. The topological polar surface area (TPSA) is 92.7 Å². The van der Waals surface area contributed by atoms with Crippen LogP contribution in [0.5, 0.6) is 0 Å². The lowest BCUT2D eigenvalue weighted by Crippen LogP contribution is -2.61. The highest BCUT2D eigenvalue weighted by Gasteiger charge is 2.67. The normalized spacial score (nSPS) is 37.9. The second-order valence-corrected chi connectivity index (χ2v) is 10.3. The number of aliphatic hydroxyl groups is 1. The van der Waals surface area contributed by atoms with E-state index in [9.17, 15) is 19.5 Å². The smallest absolute Gasteiger partial charge is 0.331 e. The highest BCUT2D eigenvalue weighted by Crippen LogP contribution is 2.52. The molecule has 7 unspecified atom stereocenters. The minimum absolute atomic E-state index is 0.143. The van der Waals surface area contributed by atoms with Gasteiger partial charge in [0.25, 0.3) is 5.91 Å². The Morgan fingerprint density at radius 3 is 2.63 bits per heavy atom. The van der Waals surface area contributed by atoms with Gasteiger partial charge in [-0.15, -0.1) is 0 Å². The average Bonchev–Trinajstić information content (AvgIpc) is 3.09. The third kappa shape index (κ3) is 4.90. The van der Waals surface area contributed by atoms with Crippen molar-refractivity contribution in [1.82, 2.24) is 5.32 Å². The number of ether oxygens (including phenoxy) is 1. The van der Waals surface area contributed by atoms with E-state index < -0.39 is 35.4 Å². The van der Waals surface area contributed by atoms with Gasteiger partial charge in [-0.1, -0.05) is 62.9 Å². The summed E-state index contributed by atoms with van der Waals surface area (Å²) in [6, 6.07) is 9.53. The molecule has 4 rings (SSSR count). The highest BCUT2D eigenvalue weighted by atomic mass is 16.6. The van der Waals surface area contributed by atoms with Gasteiger partial charge in [-0.3, -0.25) is 9.59 Å². The molecule has 1 aromatic rings. The van der Waals surface area contributed by atoms with Crippen molar-refractivity contribution in [2.24, 2.45) is 23.7 Å². The Morgan fingerprint density at radius 2 is 1.89 bits per heavy atom. The van der Waals surface area contributed by atoms with E-state index in [0.717, 1.165) is 30.9 Å². The van der Waals surface area contributed by atoms with E-state index >= 15 is 0 Å². The van der Waals surface area contributed by atoms with Crippen molar-refractivity contribution in [2.45, 2.75) is 63.7 Å². The second-order valence-electron chi connectivity index (χ2n) is 10.3. The van der Waals surface area contributed by atoms with Crippen LogP contribution in [0, 0.1) is 23.7 Å². The number of amides is 1. The van der Waals surface area contributed by atoms with E-state index in [-0.39, 0.29) is 17.7 Å². The second kappa shape index (κ2) is 10.3. The average molecular weight is 478 g/mol. The lowest BCUT2D eigenvalue weighted by atomic mass is 9.59. The molecule has 1 aliphatic carbocycles. The van der Waals surface area contributed by atoms with Crippen LogP contribution in [0.1, 0.15) is 45.1 Å². The van der Waals surface area contributed by atoms with Crippen molar-refractivity contribution in [3.63, 3.8) is 0 Å². The Labute approximate surface area is 207 Å². The molecule has 2 heterocycles. The summed E-state index contributed by atoms with van der Waals surface area (Å²) < 4.78 is 6.01.